The highest BCUT2D eigenvalue weighted by atomic mass is 32.2. The van der Waals surface area contributed by atoms with E-state index in [0.29, 0.717) is 22.4 Å². The molecule has 0 atom stereocenters. The Balaban J connectivity index is 2.08. The molecule has 0 aliphatic carbocycles. The van der Waals surface area contributed by atoms with Gasteiger partial charge in [0.2, 0.25) is 10.0 Å². The van der Waals surface area contributed by atoms with E-state index in [9.17, 15) is 17.6 Å². The normalized spacial score (nSPS) is 15.6. The van der Waals surface area contributed by atoms with Crippen LogP contribution in [0.4, 0.5) is 10.1 Å². The lowest BCUT2D eigenvalue weighted by Gasteiger charge is -2.04. The van der Waals surface area contributed by atoms with Gasteiger partial charge >= 0.3 is 0 Å². The van der Waals surface area contributed by atoms with Gasteiger partial charge in [-0.2, -0.15) is 0 Å². The first-order valence-electron chi connectivity index (χ1n) is 6.77. The van der Waals surface area contributed by atoms with Gasteiger partial charge in [0.05, 0.1) is 4.90 Å². The number of fused-ring (bicyclic) bond motifs is 1. The molecule has 7 heteroatoms. The summed E-state index contributed by atoms with van der Waals surface area (Å²) in [6.07, 6.45) is 1.54. The molecule has 0 aromatic heterocycles. The van der Waals surface area contributed by atoms with Crippen molar-refractivity contribution in [3.8, 4) is 0 Å². The minimum atomic E-state index is -3.57. The molecule has 2 aromatic rings. The van der Waals surface area contributed by atoms with Gasteiger partial charge in [0, 0.05) is 16.8 Å². The molecule has 2 N–H and O–H groups in total. The Morgan fingerprint density at radius 2 is 1.96 bits per heavy atom. The number of carbonyl (C=O) groups is 1. The Kier molecular flexibility index (Phi) is 3.75. The molecule has 3 rings (SSSR count). The van der Waals surface area contributed by atoms with Crippen LogP contribution in [0.3, 0.4) is 0 Å². The maximum absolute atomic E-state index is 13.4. The minimum absolute atomic E-state index is 0.0900. The summed E-state index contributed by atoms with van der Waals surface area (Å²) in [5.74, 6) is -0.801. The van der Waals surface area contributed by atoms with E-state index < -0.39 is 15.8 Å². The molecular weight excluding hydrogens is 319 g/mol. The maximum atomic E-state index is 13.4. The van der Waals surface area contributed by atoms with E-state index in [1.165, 1.54) is 43.5 Å². The summed E-state index contributed by atoms with van der Waals surface area (Å²) in [5.41, 5.74) is 1.81. The van der Waals surface area contributed by atoms with E-state index in [0.717, 1.165) is 0 Å². The van der Waals surface area contributed by atoms with E-state index in [4.69, 9.17) is 0 Å². The quantitative estimate of drug-likeness (QED) is 0.847. The molecule has 23 heavy (non-hydrogen) atoms. The van der Waals surface area contributed by atoms with E-state index in [-0.39, 0.29) is 10.8 Å². The standard InChI is InChI=1S/C16H13FN2O3S/c1-18-23(21,22)12-4-2-3-10(7-12)8-14-13-9-11(17)5-6-15(13)19-16(14)20/h2-9,18H,1H3,(H,19,20)/b14-8+. The number of halogens is 1. The van der Waals surface area contributed by atoms with E-state index in [1.807, 2.05) is 0 Å². The minimum Gasteiger partial charge on any atom is -0.321 e. The van der Waals surface area contributed by atoms with Crippen molar-refractivity contribution in [3.05, 3.63) is 59.4 Å². The molecule has 0 saturated heterocycles. The highest BCUT2D eigenvalue weighted by Crippen LogP contribution is 2.33. The molecule has 1 aliphatic rings. The molecule has 0 fully saturated rings. The number of hydrogen-bond donors (Lipinski definition) is 2. The molecule has 0 spiro atoms. The van der Waals surface area contributed by atoms with Crippen LogP contribution in [0.1, 0.15) is 11.1 Å². The molecule has 0 saturated carbocycles. The van der Waals surface area contributed by atoms with Crippen LogP contribution in [0.5, 0.6) is 0 Å². The molecule has 2 aromatic carbocycles. The van der Waals surface area contributed by atoms with E-state index >= 15 is 0 Å². The van der Waals surface area contributed by atoms with Crippen molar-refractivity contribution in [3.63, 3.8) is 0 Å². The van der Waals surface area contributed by atoms with Crippen LogP contribution in [0.2, 0.25) is 0 Å². The number of amides is 1. The SMILES string of the molecule is CNS(=O)(=O)c1cccc(/C=C2/C(=O)Nc3ccc(F)cc32)c1. The first-order valence-corrected chi connectivity index (χ1v) is 8.25. The van der Waals surface area contributed by atoms with Gasteiger partial charge in [-0.25, -0.2) is 17.5 Å². The van der Waals surface area contributed by atoms with Crippen LogP contribution in [-0.4, -0.2) is 21.4 Å². The lowest BCUT2D eigenvalue weighted by atomic mass is 10.0. The van der Waals surface area contributed by atoms with Crippen molar-refractivity contribution < 1.29 is 17.6 Å². The number of nitrogens with one attached hydrogen (secondary N) is 2. The van der Waals surface area contributed by atoms with Gasteiger partial charge in [-0.1, -0.05) is 12.1 Å². The first-order chi connectivity index (χ1) is 10.9. The lowest BCUT2D eigenvalue weighted by molar-refractivity contribution is -0.110. The maximum Gasteiger partial charge on any atom is 0.256 e. The van der Waals surface area contributed by atoms with Gasteiger partial charge in [0.1, 0.15) is 5.82 Å². The van der Waals surface area contributed by atoms with Crippen molar-refractivity contribution in [2.24, 2.45) is 0 Å². The highest BCUT2D eigenvalue weighted by Gasteiger charge is 2.24. The van der Waals surface area contributed by atoms with E-state index in [1.54, 1.807) is 12.1 Å². The molecule has 1 amide bonds. The zero-order valence-electron chi connectivity index (χ0n) is 12.1. The second-order valence-electron chi connectivity index (χ2n) is 4.98. The van der Waals surface area contributed by atoms with Crippen LogP contribution in [0.25, 0.3) is 11.6 Å². The van der Waals surface area contributed by atoms with Gasteiger partial charge < -0.3 is 5.32 Å². The Bertz CT molecular complexity index is 936. The van der Waals surface area contributed by atoms with Gasteiger partial charge in [0.25, 0.3) is 5.91 Å². The Hall–Kier alpha value is -2.51. The topological polar surface area (TPSA) is 75.3 Å². The highest BCUT2D eigenvalue weighted by molar-refractivity contribution is 7.89. The fraction of sp³-hybridized carbons (Fsp3) is 0.0625. The number of sulfonamides is 1. The summed E-state index contributed by atoms with van der Waals surface area (Å²) in [5, 5.41) is 2.65. The van der Waals surface area contributed by atoms with E-state index in [2.05, 4.69) is 10.0 Å². The molecule has 5 nitrogen and oxygen atoms in total. The third kappa shape index (κ3) is 2.88. The average Bonchev–Trinajstić information content (AvgIpc) is 2.83. The Morgan fingerprint density at radius 3 is 2.70 bits per heavy atom. The van der Waals surface area contributed by atoms with Crippen molar-refractivity contribution in [1.29, 1.82) is 0 Å². The molecule has 0 bridgehead atoms. The lowest BCUT2D eigenvalue weighted by Crippen LogP contribution is -2.18. The van der Waals surface area contributed by atoms with Crippen LogP contribution >= 0.6 is 0 Å². The predicted octanol–water partition coefficient (Wildman–Crippen LogP) is 2.23. The second kappa shape index (κ2) is 5.60. The summed E-state index contributed by atoms with van der Waals surface area (Å²) in [6, 6.07) is 10.2. The molecule has 1 aliphatic heterocycles. The number of rotatable bonds is 3. The molecule has 0 unspecified atom stereocenters. The van der Waals surface area contributed by atoms with Crippen molar-refractivity contribution in [1.82, 2.24) is 4.72 Å². The zero-order chi connectivity index (χ0) is 16.6. The fourth-order valence-corrected chi connectivity index (χ4v) is 3.14. The van der Waals surface area contributed by atoms with Crippen LogP contribution in [-0.2, 0) is 14.8 Å². The van der Waals surface area contributed by atoms with Gasteiger partial charge in [-0.15, -0.1) is 0 Å². The van der Waals surface area contributed by atoms with Crippen molar-refractivity contribution >= 4 is 33.3 Å². The zero-order valence-corrected chi connectivity index (χ0v) is 12.9. The first kappa shape index (κ1) is 15.4. The molecule has 1 heterocycles. The predicted molar refractivity (Wildman–Crippen MR) is 85.6 cm³/mol. The van der Waals surface area contributed by atoms with Gasteiger partial charge in [-0.3, -0.25) is 4.79 Å². The molecular formula is C16H13FN2O3S. The number of carbonyl (C=O) groups excluding carboxylic acids is 1. The van der Waals surface area contributed by atoms with Crippen molar-refractivity contribution in [2.75, 3.05) is 12.4 Å². The third-order valence-electron chi connectivity index (χ3n) is 3.51. The summed E-state index contributed by atoms with van der Waals surface area (Å²) in [7, 11) is -2.25. The molecule has 0 radical (unpaired) electrons. The third-order valence-corrected chi connectivity index (χ3v) is 4.92. The largest absolute Gasteiger partial charge is 0.321 e. The summed E-state index contributed by atoms with van der Waals surface area (Å²) < 4.78 is 39.3. The van der Waals surface area contributed by atoms with Crippen LogP contribution < -0.4 is 10.0 Å². The number of anilines is 1. The van der Waals surface area contributed by atoms with Crippen molar-refractivity contribution in [2.45, 2.75) is 4.90 Å². The average molecular weight is 332 g/mol. The fourth-order valence-electron chi connectivity index (χ4n) is 2.36. The summed E-state index contributed by atoms with van der Waals surface area (Å²) in [6.45, 7) is 0. The summed E-state index contributed by atoms with van der Waals surface area (Å²) in [4.78, 5) is 12.1. The smallest absolute Gasteiger partial charge is 0.256 e. The van der Waals surface area contributed by atoms with Crippen LogP contribution in [0.15, 0.2) is 47.4 Å². The monoisotopic (exact) mass is 332 g/mol. The molecule has 118 valence electrons. The Morgan fingerprint density at radius 1 is 1.17 bits per heavy atom. The van der Waals surface area contributed by atoms with Crippen LogP contribution in [0, 0.1) is 5.82 Å². The second-order valence-corrected chi connectivity index (χ2v) is 6.87. The Labute approximate surface area is 132 Å². The number of hydrogen-bond acceptors (Lipinski definition) is 3. The number of benzene rings is 2. The van der Waals surface area contributed by atoms with Gasteiger partial charge in [0.15, 0.2) is 0 Å². The van der Waals surface area contributed by atoms with Gasteiger partial charge in [-0.05, 0) is 49.0 Å². The summed E-state index contributed by atoms with van der Waals surface area (Å²) >= 11 is 0.